The summed E-state index contributed by atoms with van der Waals surface area (Å²) in [5.41, 5.74) is -0.466. The van der Waals surface area contributed by atoms with Gasteiger partial charge in [-0.3, -0.25) is 0 Å². The molecule has 1 aromatic carbocycles. The smallest absolute Gasteiger partial charge is 0.416 e. The lowest BCUT2D eigenvalue weighted by molar-refractivity contribution is -0.137. The summed E-state index contributed by atoms with van der Waals surface area (Å²) in [5.74, 6) is 1.44. The van der Waals surface area contributed by atoms with Crippen molar-refractivity contribution >= 4 is 44.8 Å². The topological polar surface area (TPSA) is 43.2 Å². The number of hydrogen-bond donors (Lipinski definition) is 0. The highest BCUT2D eigenvalue weighted by molar-refractivity contribution is 7.22. The zero-order chi connectivity index (χ0) is 24.4. The highest BCUT2D eigenvalue weighted by atomic mass is 35.5. The summed E-state index contributed by atoms with van der Waals surface area (Å²) in [6.45, 7) is 11.0. The first-order chi connectivity index (χ1) is 15.5. The van der Waals surface area contributed by atoms with Crippen molar-refractivity contribution < 1.29 is 22.6 Å². The summed E-state index contributed by atoms with van der Waals surface area (Å²) < 4.78 is 52.0. The Bertz CT molecular complexity index is 1050. The number of nitrogens with zero attached hydrogens (tertiary/aromatic N) is 2. The van der Waals surface area contributed by atoms with Gasteiger partial charge in [0, 0.05) is 4.70 Å². The molecule has 0 saturated heterocycles. The minimum atomic E-state index is -4.38. The van der Waals surface area contributed by atoms with Crippen molar-refractivity contribution in [3.05, 3.63) is 33.7 Å². The van der Waals surface area contributed by atoms with E-state index < -0.39 is 17.3 Å². The van der Waals surface area contributed by atoms with E-state index in [1.54, 1.807) is 0 Å². The molecular formula is C24H30ClF3N2O2S. The van der Waals surface area contributed by atoms with Crippen molar-refractivity contribution in [1.29, 1.82) is 0 Å². The van der Waals surface area contributed by atoms with Crippen LogP contribution in [0.4, 0.5) is 13.2 Å². The van der Waals surface area contributed by atoms with Crippen LogP contribution in [0.5, 0.6) is 0 Å². The van der Waals surface area contributed by atoms with Crippen LogP contribution >= 0.6 is 22.9 Å². The predicted octanol–water partition coefficient (Wildman–Crippen LogP) is 7.56. The van der Waals surface area contributed by atoms with Gasteiger partial charge in [0.15, 0.2) is 0 Å². The summed E-state index contributed by atoms with van der Waals surface area (Å²) in [5, 5.41) is 0.767. The predicted molar refractivity (Wildman–Crippen MR) is 130 cm³/mol. The second-order valence-electron chi connectivity index (χ2n) is 8.63. The summed E-state index contributed by atoms with van der Waals surface area (Å²) in [4.78, 5) is 9.78. The summed E-state index contributed by atoms with van der Waals surface area (Å²) in [6, 6.07) is 3.62. The van der Waals surface area contributed by atoms with Crippen LogP contribution in [0.2, 0.25) is 4.34 Å². The van der Waals surface area contributed by atoms with E-state index in [0.29, 0.717) is 53.3 Å². The molecule has 1 aliphatic heterocycles. The third kappa shape index (κ3) is 5.65. The lowest BCUT2D eigenvalue weighted by atomic mass is 9.90. The van der Waals surface area contributed by atoms with Crippen LogP contribution in [0.3, 0.4) is 0 Å². The third-order valence-corrected chi connectivity index (χ3v) is 7.14. The molecule has 0 spiro atoms. The Hall–Kier alpha value is -1.80. The van der Waals surface area contributed by atoms with Gasteiger partial charge >= 0.3 is 6.18 Å². The van der Waals surface area contributed by atoms with Crippen molar-refractivity contribution in [2.45, 2.75) is 71.6 Å². The van der Waals surface area contributed by atoms with E-state index in [-0.39, 0.29) is 12.0 Å². The highest BCUT2D eigenvalue weighted by Gasteiger charge is 2.40. The van der Waals surface area contributed by atoms with Crippen molar-refractivity contribution in [2.75, 3.05) is 13.2 Å². The van der Waals surface area contributed by atoms with Gasteiger partial charge in [-0.25, -0.2) is 9.98 Å². The minimum absolute atomic E-state index is 0.183. The first-order valence-electron chi connectivity index (χ1n) is 11.2. The van der Waals surface area contributed by atoms with Gasteiger partial charge in [0.05, 0.1) is 23.1 Å². The molecule has 0 aliphatic carbocycles. The molecule has 2 atom stereocenters. The van der Waals surface area contributed by atoms with Gasteiger partial charge in [0.1, 0.15) is 11.6 Å². The lowest BCUT2D eigenvalue weighted by Crippen LogP contribution is -2.45. The molecule has 0 bridgehead atoms. The van der Waals surface area contributed by atoms with E-state index >= 15 is 0 Å². The number of alkyl halides is 3. The standard InChI is InChI=1S/C24H30ClF3N2O2S/c1-6-31-21-19(14(3)4)29-22(32-7-2)23(5,30-21)12-8-9-17-16-11-10-15(24(26,27)28)13-18(16)33-20(17)25/h10-11,13-14,19H,6-9,12H2,1-5H3/t19-,23+/m0/s1. The Morgan fingerprint density at radius 3 is 2.48 bits per heavy atom. The Balaban J connectivity index is 1.82. The molecule has 1 aliphatic rings. The molecule has 182 valence electrons. The molecule has 0 fully saturated rings. The molecule has 4 nitrogen and oxygen atoms in total. The molecule has 33 heavy (non-hydrogen) atoms. The second kappa shape index (κ2) is 10.2. The van der Waals surface area contributed by atoms with Gasteiger partial charge in [-0.05, 0) is 69.0 Å². The number of benzene rings is 1. The molecule has 0 radical (unpaired) electrons. The average Bonchev–Trinajstić information content (AvgIpc) is 3.04. The van der Waals surface area contributed by atoms with E-state index in [9.17, 15) is 13.2 Å². The Morgan fingerprint density at radius 1 is 1.18 bits per heavy atom. The Labute approximate surface area is 201 Å². The first-order valence-corrected chi connectivity index (χ1v) is 12.4. The van der Waals surface area contributed by atoms with Gasteiger partial charge in [0.25, 0.3) is 0 Å². The number of hydrogen-bond acceptors (Lipinski definition) is 5. The number of thiophene rings is 1. The van der Waals surface area contributed by atoms with Crippen LogP contribution in [0.1, 0.15) is 58.6 Å². The van der Waals surface area contributed by atoms with Gasteiger partial charge in [-0.2, -0.15) is 13.2 Å². The van der Waals surface area contributed by atoms with E-state index in [1.807, 2.05) is 20.8 Å². The largest absolute Gasteiger partial charge is 0.480 e. The average molecular weight is 503 g/mol. The minimum Gasteiger partial charge on any atom is -0.480 e. The normalized spacial score (nSPS) is 21.3. The lowest BCUT2D eigenvalue weighted by Gasteiger charge is -2.34. The maximum atomic E-state index is 13.1. The molecule has 0 unspecified atom stereocenters. The molecule has 0 saturated carbocycles. The fraction of sp³-hybridized carbons (Fsp3) is 0.583. The van der Waals surface area contributed by atoms with Crippen LogP contribution in [0.15, 0.2) is 28.2 Å². The summed E-state index contributed by atoms with van der Waals surface area (Å²) in [6.07, 6.45) is -2.40. The molecular weight excluding hydrogens is 473 g/mol. The molecule has 1 aromatic heterocycles. The van der Waals surface area contributed by atoms with E-state index in [1.165, 1.54) is 23.5 Å². The number of aryl methyl sites for hydroxylation is 1. The number of ether oxygens (including phenoxy) is 2. The van der Waals surface area contributed by atoms with Gasteiger partial charge in [-0.1, -0.05) is 31.5 Å². The molecule has 0 N–H and O–H groups in total. The quantitative estimate of drug-likeness (QED) is 0.392. The van der Waals surface area contributed by atoms with Gasteiger partial charge < -0.3 is 9.47 Å². The van der Waals surface area contributed by atoms with E-state index in [4.69, 9.17) is 31.1 Å². The SMILES string of the molecule is CCOC1=N[C@](C)(CCCc2c(Cl)sc3cc(C(F)(F)F)ccc23)C(OCC)=N[C@H]1C(C)C. The molecule has 2 heterocycles. The highest BCUT2D eigenvalue weighted by Crippen LogP contribution is 2.40. The number of aliphatic imine (C=N–C) groups is 2. The Morgan fingerprint density at radius 2 is 1.88 bits per heavy atom. The summed E-state index contributed by atoms with van der Waals surface area (Å²) in [7, 11) is 0. The fourth-order valence-electron chi connectivity index (χ4n) is 4.01. The zero-order valence-electron chi connectivity index (χ0n) is 19.6. The van der Waals surface area contributed by atoms with Crippen molar-refractivity contribution in [2.24, 2.45) is 15.9 Å². The monoisotopic (exact) mass is 502 g/mol. The zero-order valence-corrected chi connectivity index (χ0v) is 21.1. The van der Waals surface area contributed by atoms with Gasteiger partial charge in [-0.15, -0.1) is 11.3 Å². The van der Waals surface area contributed by atoms with Gasteiger partial charge in [0.2, 0.25) is 11.8 Å². The Kier molecular flexibility index (Phi) is 7.99. The maximum absolute atomic E-state index is 13.1. The van der Waals surface area contributed by atoms with Crippen molar-refractivity contribution in [3.63, 3.8) is 0 Å². The van der Waals surface area contributed by atoms with E-state index in [2.05, 4.69) is 13.8 Å². The second-order valence-corrected chi connectivity index (χ2v) is 10.3. The number of rotatable bonds is 7. The molecule has 2 aromatic rings. The molecule has 0 amide bonds. The van der Waals surface area contributed by atoms with Crippen LogP contribution < -0.4 is 0 Å². The van der Waals surface area contributed by atoms with Crippen LogP contribution in [0, 0.1) is 5.92 Å². The fourth-order valence-corrected chi connectivity index (χ4v) is 5.47. The first kappa shape index (κ1) is 25.8. The number of fused-ring (bicyclic) bond motifs is 1. The molecule has 3 rings (SSSR count). The van der Waals surface area contributed by atoms with Crippen molar-refractivity contribution in [3.8, 4) is 0 Å². The van der Waals surface area contributed by atoms with Crippen LogP contribution in [0.25, 0.3) is 10.1 Å². The van der Waals surface area contributed by atoms with Crippen LogP contribution in [-0.2, 0) is 22.1 Å². The maximum Gasteiger partial charge on any atom is 0.416 e. The van der Waals surface area contributed by atoms with Crippen molar-refractivity contribution in [1.82, 2.24) is 0 Å². The van der Waals surface area contributed by atoms with Crippen LogP contribution in [-0.4, -0.2) is 36.6 Å². The van der Waals surface area contributed by atoms with E-state index in [0.717, 1.165) is 17.0 Å². The summed E-state index contributed by atoms with van der Waals surface area (Å²) >= 11 is 7.61. The molecule has 9 heteroatoms. The number of halogens is 4. The third-order valence-electron chi connectivity index (χ3n) is 5.69.